The predicted octanol–water partition coefficient (Wildman–Crippen LogP) is 3.10. The molecule has 0 aromatic carbocycles. The van der Waals surface area contributed by atoms with Gasteiger partial charge in [0.05, 0.1) is 6.10 Å². The monoisotopic (exact) mass is 274 g/mol. The summed E-state index contributed by atoms with van der Waals surface area (Å²) in [6.07, 6.45) is 0.845. The zero-order chi connectivity index (χ0) is 9.57. The molecule has 0 aromatic heterocycles. The van der Waals surface area contributed by atoms with Gasteiger partial charge in [0.15, 0.2) is 0 Å². The van der Waals surface area contributed by atoms with Crippen LogP contribution in [0, 0.1) is 5.41 Å². The number of halogens is 3. The van der Waals surface area contributed by atoms with Crippen LogP contribution in [0.1, 0.15) is 26.7 Å². The fraction of sp³-hybridized carbons (Fsp3) is 1.00. The van der Waals surface area contributed by atoms with Crippen LogP contribution in [0.3, 0.4) is 0 Å². The molecule has 0 radical (unpaired) electrons. The molecule has 0 heterocycles. The molecule has 0 saturated heterocycles. The van der Waals surface area contributed by atoms with Gasteiger partial charge in [0.25, 0.3) is 0 Å². The highest BCUT2D eigenvalue weighted by Crippen LogP contribution is 2.49. The first kappa shape index (κ1) is 11.1. The second kappa shape index (κ2) is 3.30. The van der Waals surface area contributed by atoms with E-state index in [0.717, 1.165) is 6.42 Å². The van der Waals surface area contributed by atoms with E-state index in [1.165, 1.54) is 0 Å². The van der Waals surface area contributed by atoms with E-state index in [1.54, 1.807) is 0 Å². The molecule has 1 nitrogen and oxygen atoms in total. The number of aliphatic hydroxyl groups is 1. The van der Waals surface area contributed by atoms with Crippen LogP contribution in [0.4, 0.5) is 0 Å². The Morgan fingerprint density at radius 1 is 1.33 bits per heavy atom. The summed E-state index contributed by atoms with van der Waals surface area (Å²) in [5.74, 6) is 0. The van der Waals surface area contributed by atoms with E-state index < -0.39 is 10.4 Å². The number of hydrogen-bond acceptors (Lipinski definition) is 1. The summed E-state index contributed by atoms with van der Waals surface area (Å²) < 4.78 is -1.00. The summed E-state index contributed by atoms with van der Waals surface area (Å²) in [5.41, 5.74) is -0.212. The molecule has 1 saturated carbocycles. The Hall–Kier alpha value is 1.02. The summed E-state index contributed by atoms with van der Waals surface area (Å²) in [7, 11) is 0. The largest absolute Gasteiger partial charge is 0.389 e. The van der Waals surface area contributed by atoms with Gasteiger partial charge in [-0.25, -0.2) is 0 Å². The van der Waals surface area contributed by atoms with Crippen LogP contribution in [-0.2, 0) is 0 Å². The molecule has 1 aliphatic rings. The molecule has 0 bridgehead atoms. The lowest BCUT2D eigenvalue weighted by Gasteiger charge is -2.44. The molecular formula is C8H13BrCl2O. The fourth-order valence-electron chi connectivity index (χ4n) is 1.73. The molecule has 4 heteroatoms. The van der Waals surface area contributed by atoms with Gasteiger partial charge in [0, 0.05) is 4.83 Å². The first-order chi connectivity index (χ1) is 5.26. The molecule has 12 heavy (non-hydrogen) atoms. The van der Waals surface area contributed by atoms with Crippen molar-refractivity contribution in [1.29, 1.82) is 0 Å². The molecule has 72 valence electrons. The van der Waals surface area contributed by atoms with Gasteiger partial charge in [-0.05, 0) is 18.3 Å². The molecule has 0 amide bonds. The Kier molecular flexibility index (Phi) is 3.06. The molecule has 2 unspecified atom stereocenters. The summed E-state index contributed by atoms with van der Waals surface area (Å²) in [6.45, 7) is 3.95. The molecule has 1 N–H and O–H groups in total. The number of hydrogen-bond donors (Lipinski definition) is 1. The van der Waals surface area contributed by atoms with Gasteiger partial charge < -0.3 is 5.11 Å². The molecule has 0 aromatic rings. The van der Waals surface area contributed by atoms with Crippen molar-refractivity contribution in [2.75, 3.05) is 0 Å². The Morgan fingerprint density at radius 3 is 2.25 bits per heavy atom. The van der Waals surface area contributed by atoms with E-state index in [4.69, 9.17) is 23.2 Å². The van der Waals surface area contributed by atoms with E-state index in [-0.39, 0.29) is 5.41 Å². The third-order valence-electron chi connectivity index (χ3n) is 2.38. The van der Waals surface area contributed by atoms with Crippen molar-refractivity contribution in [3.8, 4) is 0 Å². The third kappa shape index (κ3) is 2.09. The maximum atomic E-state index is 9.80. The predicted molar refractivity (Wildman–Crippen MR) is 56.2 cm³/mol. The van der Waals surface area contributed by atoms with Gasteiger partial charge >= 0.3 is 0 Å². The van der Waals surface area contributed by atoms with Crippen molar-refractivity contribution in [3.05, 3.63) is 0 Å². The maximum Gasteiger partial charge on any atom is 0.145 e. The van der Waals surface area contributed by atoms with Crippen molar-refractivity contribution in [2.45, 2.75) is 42.0 Å². The molecule has 1 fully saturated rings. The van der Waals surface area contributed by atoms with Crippen LogP contribution in [0.2, 0.25) is 0 Å². The van der Waals surface area contributed by atoms with E-state index in [0.29, 0.717) is 11.2 Å². The van der Waals surface area contributed by atoms with Crippen molar-refractivity contribution >= 4 is 39.1 Å². The molecule has 1 aliphatic carbocycles. The molecule has 2 atom stereocenters. The third-order valence-corrected chi connectivity index (χ3v) is 3.75. The SMILES string of the molecule is CC1(C)CC(Br)CC(Cl)(Cl)C1O. The van der Waals surface area contributed by atoms with Crippen molar-refractivity contribution < 1.29 is 5.11 Å². The van der Waals surface area contributed by atoms with Gasteiger partial charge in [0.2, 0.25) is 0 Å². The van der Waals surface area contributed by atoms with Crippen molar-refractivity contribution in [1.82, 2.24) is 0 Å². The standard InChI is InChI=1S/C8H13BrCl2O/c1-7(2)3-5(9)4-8(10,11)6(7)12/h5-6,12H,3-4H2,1-2H3. The van der Waals surface area contributed by atoms with E-state index in [1.807, 2.05) is 13.8 Å². The van der Waals surface area contributed by atoms with Gasteiger partial charge in [0.1, 0.15) is 4.33 Å². The van der Waals surface area contributed by atoms with Crippen LogP contribution in [0.15, 0.2) is 0 Å². The second-order valence-electron chi connectivity index (χ2n) is 4.16. The number of alkyl halides is 3. The molecule has 1 rings (SSSR count). The minimum Gasteiger partial charge on any atom is -0.389 e. The molecular weight excluding hydrogens is 263 g/mol. The Bertz CT molecular complexity index is 164. The highest BCUT2D eigenvalue weighted by Gasteiger charge is 2.49. The number of rotatable bonds is 0. The Morgan fingerprint density at radius 2 is 1.83 bits per heavy atom. The highest BCUT2D eigenvalue weighted by molar-refractivity contribution is 9.09. The van der Waals surface area contributed by atoms with E-state index >= 15 is 0 Å². The van der Waals surface area contributed by atoms with E-state index in [2.05, 4.69) is 15.9 Å². The van der Waals surface area contributed by atoms with Crippen molar-refractivity contribution in [2.24, 2.45) is 5.41 Å². The zero-order valence-corrected chi connectivity index (χ0v) is 10.2. The average Bonchev–Trinajstić information content (AvgIpc) is 1.80. The maximum absolute atomic E-state index is 9.80. The molecule has 0 spiro atoms. The topological polar surface area (TPSA) is 20.2 Å². The van der Waals surface area contributed by atoms with Crippen LogP contribution in [0.5, 0.6) is 0 Å². The quantitative estimate of drug-likeness (QED) is 0.674. The second-order valence-corrected chi connectivity index (χ2v) is 7.00. The van der Waals surface area contributed by atoms with Crippen LogP contribution < -0.4 is 0 Å². The van der Waals surface area contributed by atoms with Crippen LogP contribution in [-0.4, -0.2) is 20.4 Å². The van der Waals surface area contributed by atoms with Crippen LogP contribution >= 0.6 is 39.1 Å². The zero-order valence-electron chi connectivity index (χ0n) is 7.15. The number of aliphatic hydroxyl groups excluding tert-OH is 1. The Labute approximate surface area is 91.6 Å². The minimum atomic E-state index is -1.00. The highest BCUT2D eigenvalue weighted by atomic mass is 79.9. The van der Waals surface area contributed by atoms with Gasteiger partial charge in [-0.15, -0.1) is 0 Å². The first-order valence-corrected chi connectivity index (χ1v) is 5.63. The minimum absolute atomic E-state index is 0.212. The lowest BCUT2D eigenvalue weighted by Crippen LogP contribution is -2.49. The molecule has 0 aliphatic heterocycles. The average molecular weight is 276 g/mol. The Balaban J connectivity index is 2.84. The van der Waals surface area contributed by atoms with E-state index in [9.17, 15) is 5.11 Å². The van der Waals surface area contributed by atoms with Gasteiger partial charge in [-0.1, -0.05) is 53.0 Å². The smallest absolute Gasteiger partial charge is 0.145 e. The summed E-state index contributed by atoms with van der Waals surface area (Å²) >= 11 is 15.5. The lowest BCUT2D eigenvalue weighted by molar-refractivity contribution is 0.00860. The normalized spacial score (nSPS) is 39.5. The lowest BCUT2D eigenvalue weighted by atomic mass is 9.74. The summed E-state index contributed by atoms with van der Waals surface area (Å²) in [6, 6.07) is 0. The van der Waals surface area contributed by atoms with Crippen molar-refractivity contribution in [3.63, 3.8) is 0 Å². The van der Waals surface area contributed by atoms with Gasteiger partial charge in [-0.2, -0.15) is 0 Å². The van der Waals surface area contributed by atoms with Gasteiger partial charge in [-0.3, -0.25) is 0 Å². The fourth-order valence-corrected chi connectivity index (χ4v) is 4.41. The van der Waals surface area contributed by atoms with Crippen LogP contribution in [0.25, 0.3) is 0 Å². The first-order valence-electron chi connectivity index (χ1n) is 3.96. The summed E-state index contributed by atoms with van der Waals surface area (Å²) in [4.78, 5) is 0.297. The summed E-state index contributed by atoms with van der Waals surface area (Å²) in [5, 5.41) is 9.80.